The Kier molecular flexibility index (Phi) is 6.10. The minimum absolute atomic E-state index is 0.0499. The van der Waals surface area contributed by atoms with Gasteiger partial charge in [-0.15, -0.1) is 11.8 Å². The summed E-state index contributed by atoms with van der Waals surface area (Å²) in [6.07, 6.45) is 0. The van der Waals surface area contributed by atoms with Gasteiger partial charge < -0.3 is 13.8 Å². The second-order valence-corrected chi connectivity index (χ2v) is 7.38. The van der Waals surface area contributed by atoms with E-state index in [1.807, 2.05) is 38.1 Å². The van der Waals surface area contributed by atoms with Gasteiger partial charge in [0.1, 0.15) is 5.76 Å². The quantitative estimate of drug-likeness (QED) is 0.510. The van der Waals surface area contributed by atoms with E-state index in [-0.39, 0.29) is 24.2 Å². The minimum atomic E-state index is -0.344. The van der Waals surface area contributed by atoms with Gasteiger partial charge in [-0.1, -0.05) is 38.4 Å². The van der Waals surface area contributed by atoms with E-state index in [4.69, 9.17) is 13.8 Å². The second kappa shape index (κ2) is 8.50. The van der Waals surface area contributed by atoms with Crippen LogP contribution in [0.25, 0.3) is 11.4 Å². The average Bonchev–Trinajstić information content (AvgIpc) is 3.22. The van der Waals surface area contributed by atoms with E-state index < -0.39 is 0 Å². The van der Waals surface area contributed by atoms with Crippen LogP contribution in [-0.4, -0.2) is 27.0 Å². The highest BCUT2D eigenvalue weighted by Gasteiger charge is 2.13. The van der Waals surface area contributed by atoms with Gasteiger partial charge >= 0.3 is 5.97 Å². The number of hydrogen-bond donors (Lipinski definition) is 0. The number of aryl methyl sites for hydroxylation is 2. The third-order valence-electron chi connectivity index (χ3n) is 3.56. The molecule has 136 valence electrons. The van der Waals surface area contributed by atoms with Gasteiger partial charge in [0.25, 0.3) is 5.89 Å². The minimum Gasteiger partial charge on any atom is -0.455 e. The van der Waals surface area contributed by atoms with Gasteiger partial charge in [-0.25, -0.2) is 0 Å². The first-order chi connectivity index (χ1) is 12.5. The van der Waals surface area contributed by atoms with Gasteiger partial charge in [0.15, 0.2) is 6.61 Å². The van der Waals surface area contributed by atoms with Gasteiger partial charge in [0.2, 0.25) is 5.82 Å². The lowest BCUT2D eigenvalue weighted by Gasteiger charge is -2.02. The largest absolute Gasteiger partial charge is 0.455 e. The standard InChI is InChI=1S/C17H16BrN3O4S/c1-10-14(11(2)24-20-10)8-26-9-16(22)23-7-15-19-17(21-25-15)12-4-3-5-13(18)6-12/h3-6H,7-9H2,1-2H3. The summed E-state index contributed by atoms with van der Waals surface area (Å²) in [5, 5.41) is 7.79. The van der Waals surface area contributed by atoms with Crippen molar-refractivity contribution in [1.82, 2.24) is 15.3 Å². The fourth-order valence-corrected chi connectivity index (χ4v) is 3.55. The van der Waals surface area contributed by atoms with Crippen LogP contribution in [0.4, 0.5) is 0 Å². The molecule has 0 N–H and O–H groups in total. The number of carbonyl (C=O) groups is 1. The molecule has 0 aliphatic rings. The first-order valence-corrected chi connectivity index (χ1v) is 9.71. The Morgan fingerprint density at radius 2 is 2.12 bits per heavy atom. The Balaban J connectivity index is 1.46. The molecule has 0 radical (unpaired) electrons. The number of halogens is 1. The number of carbonyl (C=O) groups excluding carboxylic acids is 1. The molecule has 1 aromatic carbocycles. The van der Waals surface area contributed by atoms with Crippen molar-refractivity contribution in [3.8, 4) is 11.4 Å². The Morgan fingerprint density at radius 3 is 2.85 bits per heavy atom. The SMILES string of the molecule is Cc1noc(C)c1CSCC(=O)OCc1nc(-c2cccc(Br)c2)no1. The molecule has 7 nitrogen and oxygen atoms in total. The van der Waals surface area contributed by atoms with E-state index in [9.17, 15) is 4.79 Å². The fraction of sp³-hybridized carbons (Fsp3) is 0.294. The van der Waals surface area contributed by atoms with Gasteiger partial charge in [-0.2, -0.15) is 4.98 Å². The van der Waals surface area contributed by atoms with Crippen LogP contribution in [0.15, 0.2) is 37.8 Å². The molecule has 26 heavy (non-hydrogen) atoms. The normalized spacial score (nSPS) is 10.9. The van der Waals surface area contributed by atoms with Crippen LogP contribution in [-0.2, 0) is 21.9 Å². The molecule has 0 fully saturated rings. The molecule has 2 heterocycles. The molecule has 0 aliphatic carbocycles. The summed E-state index contributed by atoms with van der Waals surface area (Å²) in [5.74, 6) is 1.99. The highest BCUT2D eigenvalue weighted by Crippen LogP contribution is 2.21. The third kappa shape index (κ3) is 4.73. The summed E-state index contributed by atoms with van der Waals surface area (Å²) in [6, 6.07) is 7.54. The number of hydrogen-bond acceptors (Lipinski definition) is 8. The summed E-state index contributed by atoms with van der Waals surface area (Å²) in [7, 11) is 0. The van der Waals surface area contributed by atoms with Crippen molar-refractivity contribution in [2.24, 2.45) is 0 Å². The molecular formula is C17H16BrN3O4S. The Morgan fingerprint density at radius 1 is 1.27 bits per heavy atom. The van der Waals surface area contributed by atoms with E-state index in [1.165, 1.54) is 11.8 Å². The second-order valence-electron chi connectivity index (χ2n) is 5.48. The van der Waals surface area contributed by atoms with Crippen LogP contribution in [0, 0.1) is 13.8 Å². The number of aromatic nitrogens is 3. The van der Waals surface area contributed by atoms with Crippen molar-refractivity contribution in [3.63, 3.8) is 0 Å². The highest BCUT2D eigenvalue weighted by atomic mass is 79.9. The van der Waals surface area contributed by atoms with Crippen LogP contribution in [0.5, 0.6) is 0 Å². The maximum Gasteiger partial charge on any atom is 0.316 e. The summed E-state index contributed by atoms with van der Waals surface area (Å²) < 4.78 is 16.3. The molecular weight excluding hydrogens is 422 g/mol. The molecule has 0 saturated heterocycles. The van der Waals surface area contributed by atoms with Crippen molar-refractivity contribution >= 4 is 33.7 Å². The number of rotatable bonds is 7. The maximum absolute atomic E-state index is 11.9. The fourth-order valence-electron chi connectivity index (χ4n) is 2.19. The van der Waals surface area contributed by atoms with Crippen LogP contribution in [0.2, 0.25) is 0 Å². The van der Waals surface area contributed by atoms with Crippen molar-refractivity contribution in [2.45, 2.75) is 26.2 Å². The lowest BCUT2D eigenvalue weighted by molar-refractivity contribution is -0.142. The zero-order chi connectivity index (χ0) is 18.5. The summed E-state index contributed by atoms with van der Waals surface area (Å²) in [5.41, 5.74) is 2.67. The first kappa shape index (κ1) is 18.7. The van der Waals surface area contributed by atoms with Gasteiger partial charge in [0, 0.05) is 21.4 Å². The van der Waals surface area contributed by atoms with E-state index in [1.54, 1.807) is 0 Å². The smallest absolute Gasteiger partial charge is 0.316 e. The summed E-state index contributed by atoms with van der Waals surface area (Å²) in [6.45, 7) is 3.68. The molecule has 0 atom stereocenters. The van der Waals surface area contributed by atoms with Crippen molar-refractivity contribution in [1.29, 1.82) is 0 Å². The lowest BCUT2D eigenvalue weighted by atomic mass is 10.2. The maximum atomic E-state index is 11.9. The Bertz CT molecular complexity index is 890. The summed E-state index contributed by atoms with van der Waals surface area (Å²) in [4.78, 5) is 16.1. The molecule has 3 aromatic rings. The predicted octanol–water partition coefficient (Wildman–Crippen LogP) is 4.08. The van der Waals surface area contributed by atoms with Crippen LogP contribution >= 0.6 is 27.7 Å². The van der Waals surface area contributed by atoms with Crippen molar-refractivity contribution < 1.29 is 18.6 Å². The zero-order valence-electron chi connectivity index (χ0n) is 14.2. The van der Waals surface area contributed by atoms with E-state index in [0.717, 1.165) is 27.1 Å². The lowest BCUT2D eigenvalue weighted by Crippen LogP contribution is -2.07. The molecule has 3 rings (SSSR count). The predicted molar refractivity (Wildman–Crippen MR) is 99.4 cm³/mol. The molecule has 0 saturated carbocycles. The topological polar surface area (TPSA) is 91.2 Å². The van der Waals surface area contributed by atoms with E-state index in [2.05, 4.69) is 31.2 Å². The first-order valence-electron chi connectivity index (χ1n) is 7.76. The van der Waals surface area contributed by atoms with Crippen molar-refractivity contribution in [3.05, 3.63) is 51.6 Å². The highest BCUT2D eigenvalue weighted by molar-refractivity contribution is 9.10. The van der Waals surface area contributed by atoms with Crippen LogP contribution < -0.4 is 0 Å². The number of esters is 1. The van der Waals surface area contributed by atoms with Crippen LogP contribution in [0.3, 0.4) is 0 Å². The number of thioether (sulfide) groups is 1. The van der Waals surface area contributed by atoms with E-state index in [0.29, 0.717) is 11.6 Å². The zero-order valence-corrected chi connectivity index (χ0v) is 16.6. The molecule has 0 aliphatic heterocycles. The monoisotopic (exact) mass is 437 g/mol. The molecule has 0 spiro atoms. The van der Waals surface area contributed by atoms with E-state index >= 15 is 0 Å². The molecule has 0 bridgehead atoms. The number of nitrogens with zero attached hydrogens (tertiary/aromatic N) is 3. The third-order valence-corrected chi connectivity index (χ3v) is 4.98. The number of benzene rings is 1. The Hall–Kier alpha value is -2.13. The molecule has 2 aromatic heterocycles. The molecule has 0 amide bonds. The summed E-state index contributed by atoms with van der Waals surface area (Å²) >= 11 is 4.84. The van der Waals surface area contributed by atoms with Gasteiger partial charge in [0.05, 0.1) is 11.4 Å². The van der Waals surface area contributed by atoms with Gasteiger partial charge in [-0.05, 0) is 26.0 Å². The average molecular weight is 438 g/mol. The van der Waals surface area contributed by atoms with Crippen molar-refractivity contribution in [2.75, 3.05) is 5.75 Å². The molecule has 0 unspecified atom stereocenters. The molecule has 9 heteroatoms. The Labute approximate surface area is 162 Å². The van der Waals surface area contributed by atoms with Gasteiger partial charge in [-0.3, -0.25) is 4.79 Å². The van der Waals surface area contributed by atoms with Crippen LogP contribution in [0.1, 0.15) is 22.9 Å². The number of ether oxygens (including phenoxy) is 1.